The molecule has 0 atom stereocenters. The average Bonchev–Trinajstić information content (AvgIpc) is 2.70. The second-order valence-electron chi connectivity index (χ2n) is 3.40. The average molecular weight is 255 g/mol. The number of carbonyl (C=O) groups excluding carboxylic acids is 1. The maximum atomic E-state index is 12.9. The fourth-order valence-corrected chi connectivity index (χ4v) is 1.46. The Balaban J connectivity index is 2.19. The molecule has 1 amide bonds. The van der Waals surface area contributed by atoms with Crippen molar-refractivity contribution >= 4 is 23.2 Å². The van der Waals surface area contributed by atoms with Crippen LogP contribution in [0.15, 0.2) is 29.0 Å². The highest BCUT2D eigenvalue weighted by atomic mass is 35.5. The molecule has 0 spiro atoms. The van der Waals surface area contributed by atoms with Crippen LogP contribution in [-0.2, 0) is 0 Å². The summed E-state index contributed by atoms with van der Waals surface area (Å²) in [5, 5.41) is 6.10. The molecule has 0 bridgehead atoms. The van der Waals surface area contributed by atoms with Crippen molar-refractivity contribution in [3.63, 3.8) is 0 Å². The highest BCUT2D eigenvalue weighted by Crippen LogP contribution is 2.20. The van der Waals surface area contributed by atoms with E-state index in [0.29, 0.717) is 16.9 Å². The summed E-state index contributed by atoms with van der Waals surface area (Å²) in [6.45, 7) is 1.65. The summed E-state index contributed by atoms with van der Waals surface area (Å²) in [4.78, 5) is 11.7. The maximum absolute atomic E-state index is 12.9. The summed E-state index contributed by atoms with van der Waals surface area (Å²) in [6.07, 6.45) is 1.25. The Labute approximate surface area is 101 Å². The van der Waals surface area contributed by atoms with Crippen LogP contribution in [0.5, 0.6) is 0 Å². The largest absolute Gasteiger partial charge is 0.364 e. The maximum Gasteiger partial charge on any atom is 0.260 e. The van der Waals surface area contributed by atoms with Gasteiger partial charge in [0.1, 0.15) is 17.6 Å². The zero-order valence-corrected chi connectivity index (χ0v) is 9.58. The van der Waals surface area contributed by atoms with Gasteiger partial charge in [0, 0.05) is 5.69 Å². The van der Waals surface area contributed by atoms with Crippen LogP contribution in [0.2, 0.25) is 5.02 Å². The zero-order valence-electron chi connectivity index (χ0n) is 8.83. The van der Waals surface area contributed by atoms with E-state index in [1.165, 1.54) is 24.5 Å². The van der Waals surface area contributed by atoms with E-state index in [-0.39, 0.29) is 10.9 Å². The predicted molar refractivity (Wildman–Crippen MR) is 60.6 cm³/mol. The fourth-order valence-electron chi connectivity index (χ4n) is 1.28. The van der Waals surface area contributed by atoms with Gasteiger partial charge in [0.05, 0.1) is 10.7 Å². The first-order chi connectivity index (χ1) is 8.08. The highest BCUT2D eigenvalue weighted by Gasteiger charge is 2.13. The summed E-state index contributed by atoms with van der Waals surface area (Å²) in [6, 6.07) is 3.93. The Morgan fingerprint density at radius 3 is 2.88 bits per heavy atom. The molecule has 0 saturated carbocycles. The number of anilines is 1. The first-order valence-corrected chi connectivity index (χ1v) is 5.13. The molecule has 4 nitrogen and oxygen atoms in total. The van der Waals surface area contributed by atoms with Crippen LogP contribution in [0, 0.1) is 12.7 Å². The molecule has 0 radical (unpaired) electrons. The summed E-state index contributed by atoms with van der Waals surface area (Å²) >= 11 is 5.60. The quantitative estimate of drug-likeness (QED) is 0.896. The summed E-state index contributed by atoms with van der Waals surface area (Å²) < 4.78 is 17.6. The number of rotatable bonds is 2. The van der Waals surface area contributed by atoms with Gasteiger partial charge in [-0.3, -0.25) is 4.79 Å². The molecule has 0 aliphatic heterocycles. The van der Waals surface area contributed by atoms with Crippen LogP contribution in [-0.4, -0.2) is 11.1 Å². The van der Waals surface area contributed by atoms with Gasteiger partial charge in [-0.1, -0.05) is 16.8 Å². The Hall–Kier alpha value is -1.88. The number of halogens is 2. The number of nitrogens with zero attached hydrogens (tertiary/aromatic N) is 1. The lowest BCUT2D eigenvalue weighted by Crippen LogP contribution is -2.12. The fraction of sp³-hybridized carbons (Fsp3) is 0.0909. The number of hydrogen-bond donors (Lipinski definition) is 1. The van der Waals surface area contributed by atoms with Gasteiger partial charge < -0.3 is 9.84 Å². The first-order valence-electron chi connectivity index (χ1n) is 4.75. The molecule has 0 saturated heterocycles. The Morgan fingerprint density at radius 1 is 1.53 bits per heavy atom. The van der Waals surface area contributed by atoms with E-state index in [1.54, 1.807) is 6.92 Å². The van der Waals surface area contributed by atoms with Crippen LogP contribution in [0.1, 0.15) is 16.1 Å². The summed E-state index contributed by atoms with van der Waals surface area (Å²) in [7, 11) is 0. The molecule has 2 rings (SSSR count). The standard InChI is InChI=1S/C11H8ClFN2O2/c1-6-8(5-17-15-6)11(16)14-7-2-3-10(13)9(12)4-7/h2-5H,1H3,(H,14,16). The Bertz CT molecular complexity index is 568. The lowest BCUT2D eigenvalue weighted by molar-refractivity contribution is 0.102. The molecule has 0 fully saturated rings. The van der Waals surface area contributed by atoms with E-state index in [4.69, 9.17) is 11.6 Å². The van der Waals surface area contributed by atoms with Crippen molar-refractivity contribution in [2.75, 3.05) is 5.32 Å². The summed E-state index contributed by atoms with van der Waals surface area (Å²) in [5.74, 6) is -0.919. The number of aryl methyl sites for hydroxylation is 1. The van der Waals surface area contributed by atoms with E-state index in [9.17, 15) is 9.18 Å². The third-order valence-electron chi connectivity index (χ3n) is 2.17. The van der Waals surface area contributed by atoms with Gasteiger partial charge >= 0.3 is 0 Å². The Morgan fingerprint density at radius 2 is 2.29 bits per heavy atom. The van der Waals surface area contributed by atoms with Crippen molar-refractivity contribution in [3.8, 4) is 0 Å². The van der Waals surface area contributed by atoms with Crippen LogP contribution in [0.3, 0.4) is 0 Å². The third-order valence-corrected chi connectivity index (χ3v) is 2.46. The number of benzene rings is 1. The number of carbonyl (C=O) groups is 1. The molecule has 0 unspecified atom stereocenters. The van der Waals surface area contributed by atoms with Crippen molar-refractivity contribution in [1.29, 1.82) is 0 Å². The molecule has 88 valence electrons. The third kappa shape index (κ3) is 2.45. The summed E-state index contributed by atoms with van der Waals surface area (Å²) in [5.41, 5.74) is 1.21. The lowest BCUT2D eigenvalue weighted by atomic mass is 10.2. The molecule has 1 aromatic heterocycles. The topological polar surface area (TPSA) is 55.1 Å². The highest BCUT2D eigenvalue weighted by molar-refractivity contribution is 6.31. The van der Waals surface area contributed by atoms with Crippen molar-refractivity contribution in [2.45, 2.75) is 6.92 Å². The van der Waals surface area contributed by atoms with Crippen molar-refractivity contribution < 1.29 is 13.7 Å². The number of amides is 1. The lowest BCUT2D eigenvalue weighted by Gasteiger charge is -2.04. The normalized spacial score (nSPS) is 10.3. The van der Waals surface area contributed by atoms with Gasteiger partial charge in [-0.2, -0.15) is 0 Å². The minimum atomic E-state index is -0.536. The van der Waals surface area contributed by atoms with Gasteiger partial charge in [0.15, 0.2) is 0 Å². The first kappa shape index (κ1) is 11.6. The minimum Gasteiger partial charge on any atom is -0.364 e. The zero-order chi connectivity index (χ0) is 12.4. The number of nitrogens with one attached hydrogen (secondary N) is 1. The molecule has 1 heterocycles. The Kier molecular flexibility index (Phi) is 3.10. The van der Waals surface area contributed by atoms with Crippen LogP contribution in [0.25, 0.3) is 0 Å². The van der Waals surface area contributed by atoms with E-state index >= 15 is 0 Å². The second-order valence-corrected chi connectivity index (χ2v) is 3.80. The molecule has 0 aliphatic carbocycles. The molecular weight excluding hydrogens is 247 g/mol. The van der Waals surface area contributed by atoms with E-state index in [1.807, 2.05) is 0 Å². The van der Waals surface area contributed by atoms with Crippen LogP contribution in [0.4, 0.5) is 10.1 Å². The van der Waals surface area contributed by atoms with Gasteiger partial charge in [0.2, 0.25) is 0 Å². The van der Waals surface area contributed by atoms with E-state index in [0.717, 1.165) is 0 Å². The SMILES string of the molecule is Cc1nocc1C(=O)Nc1ccc(F)c(Cl)c1. The van der Waals surface area contributed by atoms with Crippen molar-refractivity contribution in [2.24, 2.45) is 0 Å². The van der Waals surface area contributed by atoms with Crippen molar-refractivity contribution in [3.05, 3.63) is 46.6 Å². The van der Waals surface area contributed by atoms with E-state index in [2.05, 4.69) is 15.0 Å². The molecule has 1 N–H and O–H groups in total. The minimum absolute atomic E-state index is 0.0511. The van der Waals surface area contributed by atoms with Gasteiger partial charge in [-0.05, 0) is 25.1 Å². The molecular formula is C11H8ClFN2O2. The molecule has 17 heavy (non-hydrogen) atoms. The van der Waals surface area contributed by atoms with Crippen LogP contribution < -0.4 is 5.32 Å². The van der Waals surface area contributed by atoms with Crippen molar-refractivity contribution in [1.82, 2.24) is 5.16 Å². The second kappa shape index (κ2) is 4.55. The smallest absolute Gasteiger partial charge is 0.260 e. The molecule has 6 heteroatoms. The monoisotopic (exact) mass is 254 g/mol. The molecule has 2 aromatic rings. The predicted octanol–water partition coefficient (Wildman–Crippen LogP) is 3.03. The van der Waals surface area contributed by atoms with Gasteiger partial charge in [-0.15, -0.1) is 0 Å². The number of hydrogen-bond acceptors (Lipinski definition) is 3. The van der Waals surface area contributed by atoms with Crippen LogP contribution >= 0.6 is 11.6 Å². The van der Waals surface area contributed by atoms with E-state index < -0.39 is 5.82 Å². The van der Waals surface area contributed by atoms with Gasteiger partial charge in [-0.25, -0.2) is 4.39 Å². The molecule has 1 aromatic carbocycles. The van der Waals surface area contributed by atoms with Gasteiger partial charge in [0.25, 0.3) is 5.91 Å². The molecule has 0 aliphatic rings. The number of aromatic nitrogens is 1.